The fraction of sp³-hybridized carbons (Fsp3) is 0.591. The van der Waals surface area contributed by atoms with Crippen LogP contribution >= 0.6 is 22.6 Å². The van der Waals surface area contributed by atoms with Gasteiger partial charge in [0.05, 0.1) is 25.2 Å². The number of para-hydroxylation sites is 1. The zero-order chi connectivity index (χ0) is 18.3. The van der Waals surface area contributed by atoms with Gasteiger partial charge in [0.2, 0.25) is 5.91 Å². The Morgan fingerprint density at radius 3 is 3.00 bits per heavy atom. The Morgan fingerprint density at radius 2 is 2.11 bits per heavy atom. The molecule has 1 aliphatic carbocycles. The second kappa shape index (κ2) is 5.80. The SMILES string of the molecule is CI.O=C1C[C@@H]2OCC=C3CN4CC[C@]56c7ccccc7N1[C@H]5[C@H]2[C@H]3C[C@H]46. The van der Waals surface area contributed by atoms with Crippen molar-refractivity contribution in [3.8, 4) is 0 Å². The first kappa shape index (κ1) is 17.0. The van der Waals surface area contributed by atoms with Crippen LogP contribution in [0.4, 0.5) is 5.69 Å². The minimum absolute atomic E-state index is 0.104. The predicted molar refractivity (Wildman–Crippen MR) is 113 cm³/mol. The van der Waals surface area contributed by atoms with Crippen molar-refractivity contribution in [3.63, 3.8) is 0 Å². The van der Waals surface area contributed by atoms with Crippen molar-refractivity contribution in [3.05, 3.63) is 41.5 Å². The summed E-state index contributed by atoms with van der Waals surface area (Å²) in [5.74, 6) is 1.35. The Hall–Kier alpha value is -0.920. The standard InChI is InChI=1S/C21H22N2O2.CH3I/c24-18-10-16-19-13-9-17-21(6-7-22(17)11-12(13)5-8-25-16)14-3-1-2-4-15(14)23(18)20(19)21;1-2/h1-5,13,16-17,19-20H,6-11H2;1H3/t13-,16-,17-,19-,20-,21+;/m0./s1. The van der Waals surface area contributed by atoms with Gasteiger partial charge >= 0.3 is 0 Å². The van der Waals surface area contributed by atoms with E-state index in [9.17, 15) is 4.79 Å². The number of ether oxygens (including phenoxy) is 1. The van der Waals surface area contributed by atoms with Gasteiger partial charge in [0, 0.05) is 29.6 Å². The average Bonchev–Trinajstić information content (AvgIpc) is 3.17. The quantitative estimate of drug-likeness (QED) is 0.328. The van der Waals surface area contributed by atoms with Gasteiger partial charge in [0.1, 0.15) is 0 Å². The third-order valence-electron chi connectivity index (χ3n) is 8.22. The van der Waals surface area contributed by atoms with Gasteiger partial charge in [-0.1, -0.05) is 52.4 Å². The number of carbonyl (C=O) groups excluding carboxylic acids is 1. The molecule has 3 saturated heterocycles. The number of alkyl halides is 1. The molecule has 5 heterocycles. The summed E-state index contributed by atoms with van der Waals surface area (Å²) in [6, 6.07) is 9.64. The molecule has 142 valence electrons. The van der Waals surface area contributed by atoms with Crippen molar-refractivity contribution in [2.45, 2.75) is 42.9 Å². The van der Waals surface area contributed by atoms with Crippen LogP contribution in [0.5, 0.6) is 0 Å². The fourth-order valence-corrected chi connectivity index (χ4v) is 7.51. The van der Waals surface area contributed by atoms with Crippen molar-refractivity contribution in [1.29, 1.82) is 0 Å². The van der Waals surface area contributed by atoms with E-state index >= 15 is 0 Å². The number of hydrogen-bond donors (Lipinski definition) is 0. The van der Waals surface area contributed by atoms with E-state index in [1.54, 1.807) is 5.57 Å². The number of amides is 1. The average molecular weight is 476 g/mol. The summed E-state index contributed by atoms with van der Waals surface area (Å²) in [6.07, 6.45) is 5.43. The van der Waals surface area contributed by atoms with E-state index < -0.39 is 0 Å². The molecule has 0 aromatic heterocycles. The number of benzene rings is 1. The van der Waals surface area contributed by atoms with Crippen molar-refractivity contribution in [1.82, 2.24) is 4.90 Å². The molecule has 4 fully saturated rings. The number of piperidine rings is 2. The molecule has 1 amide bonds. The topological polar surface area (TPSA) is 32.8 Å². The molecule has 27 heavy (non-hydrogen) atoms. The van der Waals surface area contributed by atoms with Crippen LogP contribution in [0, 0.1) is 11.8 Å². The summed E-state index contributed by atoms with van der Waals surface area (Å²) in [6.45, 7) is 2.97. The highest BCUT2D eigenvalue weighted by Gasteiger charge is 2.70. The Kier molecular flexibility index (Phi) is 3.65. The summed E-state index contributed by atoms with van der Waals surface area (Å²) in [5.41, 5.74) is 4.35. The zero-order valence-corrected chi connectivity index (χ0v) is 17.8. The lowest BCUT2D eigenvalue weighted by atomic mass is 9.53. The molecule has 0 radical (unpaired) electrons. The molecular formula is C22H25IN2O2. The van der Waals surface area contributed by atoms with Gasteiger partial charge in [0.15, 0.2) is 0 Å². The van der Waals surface area contributed by atoms with Gasteiger partial charge in [-0.05, 0) is 41.9 Å². The lowest BCUT2D eigenvalue weighted by molar-refractivity contribution is -0.132. The van der Waals surface area contributed by atoms with Crippen LogP contribution in [-0.4, -0.2) is 53.6 Å². The van der Waals surface area contributed by atoms with E-state index in [4.69, 9.17) is 4.74 Å². The summed E-state index contributed by atoms with van der Waals surface area (Å²) in [7, 11) is 0. The first-order chi connectivity index (χ1) is 13.3. The lowest BCUT2D eigenvalue weighted by Crippen LogP contribution is -2.69. The highest BCUT2D eigenvalue weighted by Crippen LogP contribution is 2.65. The second-order valence-corrected chi connectivity index (χ2v) is 8.78. The minimum Gasteiger partial charge on any atom is -0.373 e. The van der Waals surface area contributed by atoms with Gasteiger partial charge in [-0.2, -0.15) is 0 Å². The molecule has 1 spiro atoms. The van der Waals surface area contributed by atoms with E-state index in [2.05, 4.69) is 62.7 Å². The third-order valence-corrected chi connectivity index (χ3v) is 8.22. The number of nitrogens with zero attached hydrogens (tertiary/aromatic N) is 2. The molecule has 5 aliphatic heterocycles. The van der Waals surface area contributed by atoms with Gasteiger partial charge in [-0.3, -0.25) is 9.69 Å². The maximum Gasteiger partial charge on any atom is 0.229 e. The fourth-order valence-electron chi connectivity index (χ4n) is 7.51. The Bertz CT molecular complexity index is 854. The van der Waals surface area contributed by atoms with Crippen LogP contribution < -0.4 is 4.90 Å². The van der Waals surface area contributed by atoms with Gasteiger partial charge < -0.3 is 9.64 Å². The number of fused-ring (bicyclic) bond motifs is 2. The molecule has 5 heteroatoms. The van der Waals surface area contributed by atoms with E-state index in [0.29, 0.717) is 36.9 Å². The second-order valence-electron chi connectivity index (χ2n) is 8.78. The summed E-state index contributed by atoms with van der Waals surface area (Å²) >= 11 is 2.15. The third kappa shape index (κ3) is 1.89. The van der Waals surface area contributed by atoms with Gasteiger partial charge in [0.25, 0.3) is 0 Å². The molecule has 6 aliphatic rings. The molecule has 0 unspecified atom stereocenters. The Labute approximate surface area is 174 Å². The molecular weight excluding hydrogens is 451 g/mol. The number of rotatable bonds is 0. The first-order valence-electron chi connectivity index (χ1n) is 10.1. The monoisotopic (exact) mass is 476 g/mol. The number of anilines is 1. The highest BCUT2D eigenvalue weighted by atomic mass is 127. The van der Waals surface area contributed by atoms with Crippen molar-refractivity contribution < 1.29 is 9.53 Å². The number of carbonyl (C=O) groups is 1. The van der Waals surface area contributed by atoms with Gasteiger partial charge in [-0.25, -0.2) is 0 Å². The van der Waals surface area contributed by atoms with E-state index in [1.807, 2.05) is 4.93 Å². The van der Waals surface area contributed by atoms with Crippen LogP contribution in [0.15, 0.2) is 35.9 Å². The summed E-state index contributed by atoms with van der Waals surface area (Å²) in [5, 5.41) is 0. The molecule has 7 rings (SSSR count). The zero-order valence-electron chi connectivity index (χ0n) is 15.6. The number of hydrogen-bond acceptors (Lipinski definition) is 3. The smallest absolute Gasteiger partial charge is 0.229 e. The van der Waals surface area contributed by atoms with Crippen LogP contribution in [0.1, 0.15) is 24.8 Å². The molecule has 0 N–H and O–H groups in total. The van der Waals surface area contributed by atoms with E-state index in [1.165, 1.54) is 30.6 Å². The minimum atomic E-state index is 0.104. The van der Waals surface area contributed by atoms with E-state index in [-0.39, 0.29) is 17.4 Å². The highest BCUT2D eigenvalue weighted by molar-refractivity contribution is 14.1. The van der Waals surface area contributed by atoms with Crippen LogP contribution in [0.3, 0.4) is 0 Å². The van der Waals surface area contributed by atoms with E-state index in [0.717, 1.165) is 6.54 Å². The normalized spacial score (nSPS) is 42.7. The maximum absolute atomic E-state index is 13.2. The predicted octanol–water partition coefficient (Wildman–Crippen LogP) is 3.14. The van der Waals surface area contributed by atoms with Crippen molar-refractivity contribution in [2.75, 3.05) is 29.5 Å². The maximum atomic E-state index is 13.2. The van der Waals surface area contributed by atoms with Crippen molar-refractivity contribution >= 4 is 34.2 Å². The summed E-state index contributed by atoms with van der Waals surface area (Å²) < 4.78 is 6.25. The Morgan fingerprint density at radius 1 is 1.26 bits per heavy atom. The first-order valence-corrected chi connectivity index (χ1v) is 12.3. The number of halogens is 1. The summed E-state index contributed by atoms with van der Waals surface area (Å²) in [4.78, 5) is 20.1. The molecule has 6 atom stereocenters. The van der Waals surface area contributed by atoms with Crippen LogP contribution in [0.25, 0.3) is 0 Å². The molecule has 1 aromatic carbocycles. The largest absolute Gasteiger partial charge is 0.373 e. The lowest BCUT2D eigenvalue weighted by Gasteiger charge is -2.58. The van der Waals surface area contributed by atoms with Gasteiger partial charge in [-0.15, -0.1) is 0 Å². The van der Waals surface area contributed by atoms with Crippen LogP contribution in [0.2, 0.25) is 0 Å². The van der Waals surface area contributed by atoms with Crippen molar-refractivity contribution in [2.24, 2.45) is 11.8 Å². The molecule has 1 aromatic rings. The van der Waals surface area contributed by atoms with Crippen LogP contribution in [-0.2, 0) is 14.9 Å². The molecule has 2 bridgehead atoms. The molecule has 4 nitrogen and oxygen atoms in total. The Balaban J connectivity index is 0.000000710. The molecule has 1 saturated carbocycles.